The minimum absolute atomic E-state index is 0.00906. The molecule has 0 saturated carbocycles. The van der Waals surface area contributed by atoms with Crippen LogP contribution in [0.5, 0.6) is 0 Å². The van der Waals surface area contributed by atoms with Gasteiger partial charge in [-0.05, 0) is 41.5 Å². The van der Waals surface area contributed by atoms with Crippen molar-refractivity contribution in [2.75, 3.05) is 6.26 Å². The predicted octanol–water partition coefficient (Wildman–Crippen LogP) is 1.31. The average Bonchev–Trinajstić information content (AvgIpc) is 2.46. The predicted molar refractivity (Wildman–Crippen MR) is 85.8 cm³/mol. The Morgan fingerprint density at radius 3 is 1.95 bits per heavy atom. The van der Waals surface area contributed by atoms with Gasteiger partial charge in [-0.1, -0.05) is 0 Å². The molecule has 1 aliphatic rings. The summed E-state index contributed by atoms with van der Waals surface area (Å²) in [5.41, 5.74) is 4.87. The molecule has 1 rings (SSSR count). The van der Waals surface area contributed by atoms with Gasteiger partial charge in [0.2, 0.25) is 0 Å². The third-order valence-corrected chi connectivity index (χ3v) is 4.74. The molecular formula is C13H25BN2O4S. The maximum Gasteiger partial charge on any atom is 0.499 e. The van der Waals surface area contributed by atoms with E-state index in [0.29, 0.717) is 0 Å². The highest BCUT2D eigenvalue weighted by Crippen LogP contribution is 2.38. The largest absolute Gasteiger partial charge is 0.499 e. The quantitative estimate of drug-likeness (QED) is 0.624. The molecule has 0 radical (unpaired) electrons. The highest BCUT2D eigenvalue weighted by atomic mass is 32.2. The third-order valence-electron chi connectivity index (χ3n) is 3.70. The third kappa shape index (κ3) is 4.08. The van der Waals surface area contributed by atoms with Crippen molar-refractivity contribution in [3.8, 4) is 0 Å². The minimum Gasteiger partial charge on any atom is -0.399 e. The summed E-state index contributed by atoms with van der Waals surface area (Å²) < 4.78 is 35.2. The smallest absolute Gasteiger partial charge is 0.399 e. The molecule has 1 fully saturated rings. The molecule has 0 aromatic heterocycles. The second kappa shape index (κ2) is 5.74. The van der Waals surface area contributed by atoms with Crippen LogP contribution in [0.4, 0.5) is 0 Å². The second-order valence-electron chi connectivity index (χ2n) is 6.55. The number of rotatable bonds is 4. The molecule has 0 aliphatic carbocycles. The Morgan fingerprint density at radius 1 is 1.19 bits per heavy atom. The van der Waals surface area contributed by atoms with Gasteiger partial charge < -0.3 is 15.0 Å². The summed E-state index contributed by atoms with van der Waals surface area (Å²) in [5, 5.41) is -0.273. The van der Waals surface area contributed by atoms with Gasteiger partial charge in [0, 0.05) is 24.0 Å². The van der Waals surface area contributed by atoms with E-state index in [1.165, 1.54) is 6.21 Å². The zero-order chi connectivity index (χ0) is 16.6. The SMILES string of the molecule is CC(C)N=CC(B1OC(C)(C)C(C)(C)O1)=C(N)S(C)(=O)=O. The van der Waals surface area contributed by atoms with Gasteiger partial charge in [0.25, 0.3) is 0 Å². The summed E-state index contributed by atoms with van der Waals surface area (Å²) >= 11 is 0. The maximum absolute atomic E-state index is 11.7. The molecule has 6 nitrogen and oxygen atoms in total. The zero-order valence-corrected chi connectivity index (χ0v) is 14.6. The second-order valence-corrected chi connectivity index (χ2v) is 8.54. The molecule has 21 heavy (non-hydrogen) atoms. The van der Waals surface area contributed by atoms with Crippen LogP contribution in [0.3, 0.4) is 0 Å². The normalized spacial score (nSPS) is 23.0. The van der Waals surface area contributed by atoms with Crippen molar-refractivity contribution in [3.05, 3.63) is 10.5 Å². The number of nitrogens with two attached hydrogens (primary N) is 1. The first-order chi connectivity index (χ1) is 9.28. The monoisotopic (exact) mass is 316 g/mol. The van der Waals surface area contributed by atoms with Gasteiger partial charge in [0.15, 0.2) is 9.84 Å². The van der Waals surface area contributed by atoms with Crippen LogP contribution in [-0.4, -0.2) is 45.3 Å². The first-order valence-electron chi connectivity index (χ1n) is 6.86. The lowest BCUT2D eigenvalue weighted by molar-refractivity contribution is 0.00578. The van der Waals surface area contributed by atoms with Gasteiger partial charge in [-0.25, -0.2) is 8.42 Å². The van der Waals surface area contributed by atoms with Crippen LogP contribution >= 0.6 is 0 Å². The Hall–Kier alpha value is -0.855. The molecule has 0 bridgehead atoms. The van der Waals surface area contributed by atoms with E-state index >= 15 is 0 Å². The van der Waals surface area contributed by atoms with E-state index in [1.807, 2.05) is 41.5 Å². The molecule has 8 heteroatoms. The van der Waals surface area contributed by atoms with Crippen LogP contribution in [-0.2, 0) is 19.1 Å². The maximum atomic E-state index is 11.7. The lowest BCUT2D eigenvalue weighted by atomic mass is 9.79. The van der Waals surface area contributed by atoms with E-state index in [9.17, 15) is 8.42 Å². The van der Waals surface area contributed by atoms with Gasteiger partial charge in [-0.2, -0.15) is 0 Å². The molecular weight excluding hydrogens is 291 g/mol. The van der Waals surface area contributed by atoms with E-state index in [0.717, 1.165) is 6.26 Å². The van der Waals surface area contributed by atoms with Crippen LogP contribution in [0.25, 0.3) is 0 Å². The number of hydrogen-bond acceptors (Lipinski definition) is 6. The fourth-order valence-corrected chi connectivity index (χ4v) is 2.23. The van der Waals surface area contributed by atoms with Crippen molar-refractivity contribution in [2.45, 2.75) is 58.8 Å². The number of aliphatic imine (C=N–C) groups is 1. The molecule has 1 aliphatic heterocycles. The zero-order valence-electron chi connectivity index (χ0n) is 13.8. The summed E-state index contributed by atoms with van der Waals surface area (Å²) in [5.74, 6) is 0. The molecule has 120 valence electrons. The van der Waals surface area contributed by atoms with Gasteiger partial charge in [-0.15, -0.1) is 0 Å². The summed E-state index contributed by atoms with van der Waals surface area (Å²) in [6, 6.07) is 0.00906. The van der Waals surface area contributed by atoms with Crippen molar-refractivity contribution in [2.24, 2.45) is 10.7 Å². The van der Waals surface area contributed by atoms with Crippen LogP contribution in [0.15, 0.2) is 15.5 Å². The fourth-order valence-electron chi connectivity index (χ4n) is 1.65. The topological polar surface area (TPSA) is 91.0 Å². The van der Waals surface area contributed by atoms with Gasteiger partial charge >= 0.3 is 7.12 Å². The van der Waals surface area contributed by atoms with E-state index in [4.69, 9.17) is 15.0 Å². The fraction of sp³-hybridized carbons (Fsp3) is 0.769. The van der Waals surface area contributed by atoms with E-state index in [-0.39, 0.29) is 16.5 Å². The highest BCUT2D eigenvalue weighted by Gasteiger charge is 2.53. The molecule has 1 saturated heterocycles. The Balaban J connectivity index is 3.30. The lowest BCUT2D eigenvalue weighted by Gasteiger charge is -2.32. The summed E-state index contributed by atoms with van der Waals surface area (Å²) in [6.07, 6.45) is 2.49. The summed E-state index contributed by atoms with van der Waals surface area (Å²) in [7, 11) is -4.41. The number of allylic oxidation sites excluding steroid dienone is 1. The molecule has 0 unspecified atom stereocenters. The molecule has 0 amide bonds. The molecule has 0 atom stereocenters. The van der Waals surface area contributed by atoms with E-state index in [2.05, 4.69) is 4.99 Å². The van der Waals surface area contributed by atoms with Crippen molar-refractivity contribution < 1.29 is 17.7 Å². The van der Waals surface area contributed by atoms with Crippen molar-refractivity contribution in [3.63, 3.8) is 0 Å². The van der Waals surface area contributed by atoms with Gasteiger partial charge in [0.05, 0.1) is 11.2 Å². The van der Waals surface area contributed by atoms with Crippen LogP contribution in [0, 0.1) is 0 Å². The lowest BCUT2D eigenvalue weighted by Crippen LogP contribution is -2.41. The highest BCUT2D eigenvalue weighted by molar-refractivity contribution is 7.94. The minimum atomic E-state index is -3.56. The number of nitrogens with zero attached hydrogens (tertiary/aromatic N) is 1. The Kier molecular flexibility index (Phi) is 4.97. The van der Waals surface area contributed by atoms with E-state index < -0.39 is 28.2 Å². The van der Waals surface area contributed by atoms with Gasteiger partial charge in [0.1, 0.15) is 5.03 Å². The summed E-state index contributed by atoms with van der Waals surface area (Å²) in [6.45, 7) is 11.3. The Bertz CT molecular complexity index is 549. The van der Waals surface area contributed by atoms with Crippen LogP contribution in [0.2, 0.25) is 0 Å². The Morgan fingerprint density at radius 2 is 1.62 bits per heavy atom. The Labute approximate surface area is 127 Å². The standard InChI is InChI=1S/C13H25BN2O4S/c1-9(2)16-8-10(11(15)21(7,17)18)14-19-12(3,4)13(5,6)20-14/h8-9H,15H2,1-7H3. The van der Waals surface area contributed by atoms with Crippen LogP contribution in [0.1, 0.15) is 41.5 Å². The van der Waals surface area contributed by atoms with Gasteiger partial charge in [-0.3, -0.25) is 4.99 Å². The first kappa shape index (κ1) is 18.2. The van der Waals surface area contributed by atoms with Crippen molar-refractivity contribution in [1.29, 1.82) is 0 Å². The molecule has 0 aromatic rings. The van der Waals surface area contributed by atoms with Crippen molar-refractivity contribution >= 4 is 23.2 Å². The molecule has 2 N–H and O–H groups in total. The summed E-state index contributed by atoms with van der Waals surface area (Å²) in [4.78, 5) is 4.21. The average molecular weight is 316 g/mol. The van der Waals surface area contributed by atoms with E-state index in [1.54, 1.807) is 0 Å². The number of hydrogen-bond donors (Lipinski definition) is 1. The molecule has 1 heterocycles. The first-order valence-corrected chi connectivity index (χ1v) is 8.75. The number of sulfone groups is 1. The van der Waals surface area contributed by atoms with Crippen LogP contribution < -0.4 is 5.73 Å². The molecule has 0 spiro atoms. The molecule has 0 aromatic carbocycles. The van der Waals surface area contributed by atoms with Crippen molar-refractivity contribution in [1.82, 2.24) is 0 Å².